The smallest absolute Gasteiger partial charge is 0.388 e. The SMILES string of the molecule is CC(C)(C)c1c(C2CCCC2)[c]ccc1Cn1nc(-c2ccccc2)oc1=O. The van der Waals surface area contributed by atoms with Gasteiger partial charge in [-0.2, -0.15) is 4.68 Å². The number of hydrogen-bond acceptors (Lipinski definition) is 3. The molecular weight excluding hydrogens is 348 g/mol. The van der Waals surface area contributed by atoms with Crippen molar-refractivity contribution in [2.75, 3.05) is 0 Å². The van der Waals surface area contributed by atoms with Gasteiger partial charge in [-0.25, -0.2) is 4.79 Å². The van der Waals surface area contributed by atoms with E-state index in [1.165, 1.54) is 41.5 Å². The van der Waals surface area contributed by atoms with Gasteiger partial charge in [-0.3, -0.25) is 0 Å². The molecule has 0 unspecified atom stereocenters. The Labute approximate surface area is 166 Å². The van der Waals surface area contributed by atoms with Crippen LogP contribution in [0.25, 0.3) is 11.5 Å². The van der Waals surface area contributed by atoms with Gasteiger partial charge in [0.25, 0.3) is 0 Å². The van der Waals surface area contributed by atoms with Crippen LogP contribution in [0.2, 0.25) is 0 Å². The zero-order chi connectivity index (χ0) is 19.7. The lowest BCUT2D eigenvalue weighted by Gasteiger charge is -2.28. The molecule has 1 aliphatic rings. The molecule has 4 nitrogen and oxygen atoms in total. The van der Waals surface area contributed by atoms with Gasteiger partial charge in [-0.05, 0) is 59.1 Å². The Hall–Kier alpha value is -2.62. The van der Waals surface area contributed by atoms with Gasteiger partial charge in [-0.15, -0.1) is 5.10 Å². The van der Waals surface area contributed by atoms with E-state index in [4.69, 9.17) is 4.42 Å². The second-order valence-electron chi connectivity index (χ2n) is 8.72. The molecule has 4 rings (SSSR count). The average Bonchev–Trinajstić information content (AvgIpc) is 3.32. The van der Waals surface area contributed by atoms with Gasteiger partial charge in [0, 0.05) is 5.56 Å². The van der Waals surface area contributed by atoms with Gasteiger partial charge in [0.05, 0.1) is 6.54 Å². The first-order valence-electron chi connectivity index (χ1n) is 10.1. The third-order valence-corrected chi connectivity index (χ3v) is 5.57. The molecule has 1 fully saturated rings. The second kappa shape index (κ2) is 7.42. The Morgan fingerprint density at radius 2 is 1.86 bits per heavy atom. The van der Waals surface area contributed by atoms with Gasteiger partial charge in [-0.1, -0.05) is 63.9 Å². The number of benzene rings is 2. The molecule has 0 amide bonds. The number of rotatable bonds is 4. The van der Waals surface area contributed by atoms with E-state index < -0.39 is 5.76 Å². The highest BCUT2D eigenvalue weighted by Gasteiger charge is 2.28. The number of aromatic nitrogens is 2. The molecule has 3 aromatic rings. The van der Waals surface area contributed by atoms with Gasteiger partial charge < -0.3 is 4.42 Å². The molecule has 0 spiro atoms. The van der Waals surface area contributed by atoms with Crippen LogP contribution >= 0.6 is 0 Å². The molecule has 0 atom stereocenters. The Morgan fingerprint density at radius 1 is 1.14 bits per heavy atom. The summed E-state index contributed by atoms with van der Waals surface area (Å²) in [5.74, 6) is 0.512. The van der Waals surface area contributed by atoms with E-state index in [9.17, 15) is 4.79 Å². The van der Waals surface area contributed by atoms with Gasteiger partial charge in [0.2, 0.25) is 5.89 Å². The van der Waals surface area contributed by atoms with E-state index >= 15 is 0 Å². The van der Waals surface area contributed by atoms with Crippen molar-refractivity contribution in [2.24, 2.45) is 0 Å². The van der Waals surface area contributed by atoms with Crippen LogP contribution in [0, 0.1) is 6.07 Å². The van der Waals surface area contributed by atoms with Crippen molar-refractivity contribution >= 4 is 0 Å². The summed E-state index contributed by atoms with van der Waals surface area (Å²) in [5.41, 5.74) is 4.53. The summed E-state index contributed by atoms with van der Waals surface area (Å²) in [5, 5.41) is 4.45. The lowest BCUT2D eigenvalue weighted by molar-refractivity contribution is 0.490. The van der Waals surface area contributed by atoms with Gasteiger partial charge in [0.1, 0.15) is 0 Å². The maximum atomic E-state index is 12.4. The standard InChI is InChI=1S/C24H27N2O2/c1-24(2,3)21-19(14-9-15-20(21)17-10-7-8-11-17)16-26-23(27)28-22(25-26)18-12-5-4-6-13-18/h4-6,9,12-14,17H,7-8,10-11,16H2,1-3H3. The largest absolute Gasteiger partial charge is 0.437 e. The first-order valence-corrected chi connectivity index (χ1v) is 10.1. The fraction of sp³-hybridized carbons (Fsp3) is 0.417. The summed E-state index contributed by atoms with van der Waals surface area (Å²) in [6.07, 6.45) is 5.03. The normalized spacial score (nSPS) is 15.2. The van der Waals surface area contributed by atoms with E-state index in [-0.39, 0.29) is 5.41 Å². The van der Waals surface area contributed by atoms with Crippen molar-refractivity contribution < 1.29 is 4.42 Å². The first-order chi connectivity index (χ1) is 13.4. The number of hydrogen-bond donors (Lipinski definition) is 0. The summed E-state index contributed by atoms with van der Waals surface area (Å²) >= 11 is 0. The molecule has 1 heterocycles. The van der Waals surface area contributed by atoms with Crippen molar-refractivity contribution in [1.82, 2.24) is 9.78 Å². The molecule has 2 aromatic carbocycles. The molecule has 1 saturated carbocycles. The average molecular weight is 375 g/mol. The van der Waals surface area contributed by atoms with Gasteiger partial charge in [0.15, 0.2) is 0 Å². The lowest BCUT2D eigenvalue weighted by Crippen LogP contribution is -2.23. The number of nitrogens with zero attached hydrogens (tertiary/aromatic N) is 2. The van der Waals surface area contributed by atoms with Crippen molar-refractivity contribution in [3.8, 4) is 11.5 Å². The maximum absolute atomic E-state index is 12.4. The Kier molecular flexibility index (Phi) is 4.96. The summed E-state index contributed by atoms with van der Waals surface area (Å²) in [7, 11) is 0. The molecule has 0 aliphatic heterocycles. The van der Waals surface area contributed by atoms with Gasteiger partial charge >= 0.3 is 5.76 Å². The fourth-order valence-electron chi connectivity index (χ4n) is 4.38. The van der Waals surface area contributed by atoms with E-state index in [1.54, 1.807) is 0 Å². The van der Waals surface area contributed by atoms with E-state index in [1.807, 2.05) is 36.4 Å². The van der Waals surface area contributed by atoms with Crippen molar-refractivity contribution in [3.05, 3.63) is 75.8 Å². The minimum atomic E-state index is -0.422. The van der Waals surface area contributed by atoms with E-state index in [2.05, 4.69) is 38.0 Å². The molecule has 4 heteroatoms. The zero-order valence-corrected chi connectivity index (χ0v) is 16.9. The monoisotopic (exact) mass is 375 g/mol. The summed E-state index contributed by atoms with van der Waals surface area (Å²) in [6.45, 7) is 7.12. The predicted molar refractivity (Wildman–Crippen MR) is 110 cm³/mol. The summed E-state index contributed by atoms with van der Waals surface area (Å²) < 4.78 is 6.85. The van der Waals surface area contributed by atoms with Crippen LogP contribution in [0.5, 0.6) is 0 Å². The first kappa shape index (κ1) is 18.7. The van der Waals surface area contributed by atoms with Crippen molar-refractivity contribution in [1.29, 1.82) is 0 Å². The molecule has 1 radical (unpaired) electrons. The van der Waals surface area contributed by atoms with Crippen LogP contribution in [0.4, 0.5) is 0 Å². The third kappa shape index (κ3) is 3.68. The molecule has 0 saturated heterocycles. The highest BCUT2D eigenvalue weighted by molar-refractivity contribution is 5.51. The quantitative estimate of drug-likeness (QED) is 0.621. The van der Waals surface area contributed by atoms with Crippen LogP contribution in [0.1, 0.15) is 69.1 Å². The summed E-state index contributed by atoms with van der Waals surface area (Å²) in [4.78, 5) is 12.4. The maximum Gasteiger partial charge on any atom is 0.437 e. The molecular formula is C24H27N2O2. The molecule has 0 N–H and O–H groups in total. The molecule has 145 valence electrons. The molecule has 1 aromatic heterocycles. The Morgan fingerprint density at radius 3 is 2.54 bits per heavy atom. The Balaban J connectivity index is 1.73. The summed E-state index contributed by atoms with van der Waals surface area (Å²) in [6, 6.07) is 17.1. The van der Waals surface area contributed by atoms with Crippen LogP contribution in [-0.4, -0.2) is 9.78 Å². The third-order valence-electron chi connectivity index (χ3n) is 5.57. The molecule has 1 aliphatic carbocycles. The highest BCUT2D eigenvalue weighted by atomic mass is 16.4. The minimum Gasteiger partial charge on any atom is -0.388 e. The Bertz CT molecular complexity index is 1000. The topological polar surface area (TPSA) is 48.0 Å². The zero-order valence-electron chi connectivity index (χ0n) is 16.9. The van der Waals surface area contributed by atoms with Crippen LogP contribution in [0.15, 0.2) is 51.7 Å². The lowest BCUT2D eigenvalue weighted by atomic mass is 9.77. The highest BCUT2D eigenvalue weighted by Crippen LogP contribution is 2.40. The van der Waals surface area contributed by atoms with Crippen LogP contribution in [-0.2, 0) is 12.0 Å². The predicted octanol–water partition coefficient (Wildman–Crippen LogP) is 5.31. The van der Waals surface area contributed by atoms with E-state index in [0.29, 0.717) is 18.4 Å². The molecule has 0 bridgehead atoms. The van der Waals surface area contributed by atoms with E-state index in [0.717, 1.165) is 11.1 Å². The molecule has 28 heavy (non-hydrogen) atoms. The van der Waals surface area contributed by atoms with Crippen molar-refractivity contribution in [2.45, 2.75) is 64.3 Å². The van der Waals surface area contributed by atoms with Crippen LogP contribution < -0.4 is 5.76 Å². The second-order valence-corrected chi connectivity index (χ2v) is 8.72. The van der Waals surface area contributed by atoms with Crippen LogP contribution in [0.3, 0.4) is 0 Å². The fourth-order valence-corrected chi connectivity index (χ4v) is 4.38. The minimum absolute atomic E-state index is 0.0272. The van der Waals surface area contributed by atoms with Crippen molar-refractivity contribution in [3.63, 3.8) is 0 Å².